The van der Waals surface area contributed by atoms with Crippen molar-refractivity contribution in [1.29, 1.82) is 0 Å². The van der Waals surface area contributed by atoms with Crippen molar-refractivity contribution in [3.05, 3.63) is 0 Å². The summed E-state index contributed by atoms with van der Waals surface area (Å²) in [7, 11) is 0. The number of carbonyl (C=O) groups excluding carboxylic acids is 1. The van der Waals surface area contributed by atoms with E-state index in [4.69, 9.17) is 5.11 Å². The van der Waals surface area contributed by atoms with Crippen LogP contribution in [0.5, 0.6) is 0 Å². The van der Waals surface area contributed by atoms with E-state index in [1.165, 1.54) is 0 Å². The van der Waals surface area contributed by atoms with Crippen LogP contribution in [0.3, 0.4) is 0 Å². The van der Waals surface area contributed by atoms with Crippen molar-refractivity contribution in [3.8, 4) is 0 Å². The van der Waals surface area contributed by atoms with Crippen molar-refractivity contribution in [3.63, 3.8) is 0 Å². The Labute approximate surface area is 85.3 Å². The molecule has 1 fully saturated rings. The molecule has 0 aromatic rings. The lowest BCUT2D eigenvalue weighted by Crippen LogP contribution is -2.40. The van der Waals surface area contributed by atoms with Crippen LogP contribution in [0.15, 0.2) is 0 Å². The molecule has 4 heteroatoms. The van der Waals surface area contributed by atoms with Crippen LogP contribution >= 0.6 is 0 Å². The lowest BCUT2D eigenvalue weighted by Gasteiger charge is -2.24. The third kappa shape index (κ3) is 2.45. The molecular weight excluding hydrogens is 180 g/mol. The first-order valence-corrected chi connectivity index (χ1v) is 5.18. The van der Waals surface area contributed by atoms with Crippen LogP contribution in [-0.4, -0.2) is 47.2 Å². The van der Waals surface area contributed by atoms with Gasteiger partial charge in [-0.1, -0.05) is 6.92 Å². The van der Waals surface area contributed by atoms with Crippen molar-refractivity contribution in [1.82, 2.24) is 10.2 Å². The maximum Gasteiger partial charge on any atom is 0.238 e. The summed E-state index contributed by atoms with van der Waals surface area (Å²) in [5.41, 5.74) is -0.270. The Kier molecular flexibility index (Phi) is 3.50. The van der Waals surface area contributed by atoms with E-state index >= 15 is 0 Å². The van der Waals surface area contributed by atoms with Crippen molar-refractivity contribution in [2.24, 2.45) is 0 Å². The molecule has 1 aliphatic heterocycles. The molecule has 1 rings (SSSR count). The number of nitrogens with one attached hydrogen (secondary N) is 1. The van der Waals surface area contributed by atoms with Crippen LogP contribution in [-0.2, 0) is 4.79 Å². The zero-order valence-electron chi connectivity index (χ0n) is 9.21. The normalized spacial score (nSPS) is 26.0. The minimum atomic E-state index is -0.270. The SMILES string of the molecule is CCCNC(=O)[C@@H]1CN1C(C)(C)CO. The van der Waals surface area contributed by atoms with Gasteiger partial charge in [0, 0.05) is 18.6 Å². The number of hydrogen-bond acceptors (Lipinski definition) is 3. The molecule has 0 aromatic heterocycles. The van der Waals surface area contributed by atoms with Gasteiger partial charge >= 0.3 is 0 Å². The predicted molar refractivity (Wildman–Crippen MR) is 55.0 cm³/mol. The monoisotopic (exact) mass is 200 g/mol. The van der Waals surface area contributed by atoms with Crippen molar-refractivity contribution in [2.45, 2.75) is 38.8 Å². The first-order valence-electron chi connectivity index (χ1n) is 5.18. The lowest BCUT2D eigenvalue weighted by molar-refractivity contribution is -0.121. The zero-order valence-corrected chi connectivity index (χ0v) is 9.21. The number of hydrogen-bond donors (Lipinski definition) is 2. The van der Waals surface area contributed by atoms with Gasteiger partial charge in [0.05, 0.1) is 6.61 Å². The van der Waals surface area contributed by atoms with Gasteiger partial charge in [-0.2, -0.15) is 0 Å². The minimum absolute atomic E-state index is 0.0244. The second kappa shape index (κ2) is 4.28. The summed E-state index contributed by atoms with van der Waals surface area (Å²) < 4.78 is 0. The number of nitrogens with zero attached hydrogens (tertiary/aromatic N) is 1. The molecule has 1 aliphatic rings. The second-order valence-corrected chi connectivity index (χ2v) is 4.43. The molecule has 2 atom stereocenters. The summed E-state index contributed by atoms with van der Waals surface area (Å²) in [6.45, 7) is 7.51. The first kappa shape index (κ1) is 11.5. The number of rotatable bonds is 5. The number of aliphatic hydroxyl groups is 1. The van der Waals surface area contributed by atoms with Gasteiger partial charge in [0.2, 0.25) is 5.91 Å². The summed E-state index contributed by atoms with van der Waals surface area (Å²) in [5, 5.41) is 12.0. The molecule has 0 aromatic carbocycles. The van der Waals surface area contributed by atoms with Gasteiger partial charge in [0.1, 0.15) is 6.04 Å². The molecule has 2 N–H and O–H groups in total. The van der Waals surface area contributed by atoms with E-state index in [0.29, 0.717) is 0 Å². The molecule has 0 aliphatic carbocycles. The van der Waals surface area contributed by atoms with E-state index in [1.807, 2.05) is 25.7 Å². The number of carbonyl (C=O) groups is 1. The van der Waals surface area contributed by atoms with Gasteiger partial charge in [0.25, 0.3) is 0 Å². The molecule has 1 unspecified atom stereocenters. The smallest absolute Gasteiger partial charge is 0.238 e. The maximum absolute atomic E-state index is 11.5. The van der Waals surface area contributed by atoms with Gasteiger partial charge in [-0.3, -0.25) is 9.69 Å². The highest BCUT2D eigenvalue weighted by Gasteiger charge is 2.48. The van der Waals surface area contributed by atoms with E-state index in [2.05, 4.69) is 5.32 Å². The van der Waals surface area contributed by atoms with Crippen LogP contribution in [0.25, 0.3) is 0 Å². The molecule has 82 valence electrons. The Morgan fingerprint density at radius 2 is 2.29 bits per heavy atom. The summed E-state index contributed by atoms with van der Waals surface area (Å²) >= 11 is 0. The molecule has 1 amide bonds. The van der Waals surface area contributed by atoms with Gasteiger partial charge < -0.3 is 10.4 Å². The standard InChI is InChI=1S/C10H20N2O2/c1-4-5-11-9(14)8-6-12(8)10(2,3)7-13/h8,13H,4-7H2,1-3H3,(H,11,14)/t8-,12?/m0/s1. The topological polar surface area (TPSA) is 52.3 Å². The van der Waals surface area contributed by atoms with Gasteiger partial charge in [0.15, 0.2) is 0 Å². The highest BCUT2D eigenvalue weighted by molar-refractivity contribution is 5.84. The van der Waals surface area contributed by atoms with Crippen LogP contribution in [0.1, 0.15) is 27.2 Å². The number of amides is 1. The van der Waals surface area contributed by atoms with E-state index in [1.54, 1.807) is 0 Å². The van der Waals surface area contributed by atoms with Crippen molar-refractivity contribution in [2.75, 3.05) is 19.7 Å². The molecule has 0 spiro atoms. The Morgan fingerprint density at radius 1 is 1.64 bits per heavy atom. The van der Waals surface area contributed by atoms with E-state index in [-0.39, 0.29) is 24.1 Å². The Balaban J connectivity index is 2.35. The maximum atomic E-state index is 11.5. The molecule has 0 saturated carbocycles. The van der Waals surface area contributed by atoms with Crippen LogP contribution in [0.4, 0.5) is 0 Å². The summed E-state index contributed by atoms with van der Waals surface area (Å²) in [6.07, 6.45) is 0.960. The fraction of sp³-hybridized carbons (Fsp3) is 0.900. The highest BCUT2D eigenvalue weighted by Crippen LogP contribution is 2.28. The predicted octanol–water partition coefficient (Wildman–Crippen LogP) is -0.0323. The second-order valence-electron chi connectivity index (χ2n) is 4.43. The van der Waals surface area contributed by atoms with Crippen molar-refractivity contribution < 1.29 is 9.90 Å². The molecular formula is C10H20N2O2. The summed E-state index contributed by atoms with van der Waals surface area (Å²) in [5.74, 6) is 0.0911. The van der Waals surface area contributed by atoms with E-state index < -0.39 is 0 Å². The van der Waals surface area contributed by atoms with Crippen LogP contribution < -0.4 is 5.32 Å². The molecule has 0 radical (unpaired) electrons. The fourth-order valence-corrected chi connectivity index (χ4v) is 1.49. The summed E-state index contributed by atoms with van der Waals surface area (Å²) in [6, 6.07) is -0.0244. The fourth-order valence-electron chi connectivity index (χ4n) is 1.49. The van der Waals surface area contributed by atoms with Crippen LogP contribution in [0.2, 0.25) is 0 Å². The van der Waals surface area contributed by atoms with Gasteiger partial charge in [-0.05, 0) is 20.3 Å². The minimum Gasteiger partial charge on any atom is -0.394 e. The third-order valence-corrected chi connectivity index (χ3v) is 2.63. The number of aliphatic hydroxyl groups excluding tert-OH is 1. The molecule has 1 heterocycles. The Morgan fingerprint density at radius 3 is 2.79 bits per heavy atom. The zero-order chi connectivity index (χ0) is 10.8. The van der Waals surface area contributed by atoms with Gasteiger partial charge in [-0.15, -0.1) is 0 Å². The molecule has 14 heavy (non-hydrogen) atoms. The molecule has 0 bridgehead atoms. The first-order chi connectivity index (χ1) is 6.53. The Bertz CT molecular complexity index is 216. The highest BCUT2D eigenvalue weighted by atomic mass is 16.3. The average molecular weight is 200 g/mol. The van der Waals surface area contributed by atoms with Gasteiger partial charge in [-0.25, -0.2) is 0 Å². The van der Waals surface area contributed by atoms with Crippen LogP contribution in [0, 0.1) is 0 Å². The molecule has 4 nitrogen and oxygen atoms in total. The average Bonchev–Trinajstić information content (AvgIpc) is 2.94. The quantitative estimate of drug-likeness (QED) is 0.613. The van der Waals surface area contributed by atoms with E-state index in [9.17, 15) is 4.79 Å². The van der Waals surface area contributed by atoms with Crippen molar-refractivity contribution >= 4 is 5.91 Å². The molecule has 1 saturated heterocycles. The largest absolute Gasteiger partial charge is 0.394 e. The lowest BCUT2D eigenvalue weighted by atomic mass is 10.1. The van der Waals surface area contributed by atoms with E-state index in [0.717, 1.165) is 19.5 Å². The third-order valence-electron chi connectivity index (χ3n) is 2.63. The summed E-state index contributed by atoms with van der Waals surface area (Å²) in [4.78, 5) is 13.5. The Hall–Kier alpha value is -0.610.